The molecule has 0 aliphatic carbocycles. The fraction of sp³-hybridized carbons (Fsp3) is 0. The number of nitrogens with zero attached hydrogens (tertiary/aromatic N) is 1. The molecule has 0 unspecified atom stereocenters. The highest BCUT2D eigenvalue weighted by Gasteiger charge is 2.16. The van der Waals surface area contributed by atoms with Gasteiger partial charge in [0.2, 0.25) is 0 Å². The smallest absolute Gasteiger partial charge is 0.303 e. The van der Waals surface area contributed by atoms with Crippen LogP contribution in [0.5, 0.6) is 0 Å². The highest BCUT2D eigenvalue weighted by molar-refractivity contribution is 5.92. The van der Waals surface area contributed by atoms with Gasteiger partial charge in [-0.3, -0.25) is 5.43 Å². The van der Waals surface area contributed by atoms with E-state index in [1.807, 2.05) is 30.3 Å². The molecule has 0 atom stereocenters. The van der Waals surface area contributed by atoms with Gasteiger partial charge in [-0.1, -0.05) is 30.3 Å². The lowest BCUT2D eigenvalue weighted by Gasteiger charge is -2.25. The molecule has 0 spiro atoms. The number of urea groups is 1. The third-order valence-corrected chi connectivity index (χ3v) is 2.94. The van der Waals surface area contributed by atoms with E-state index in [-0.39, 0.29) is 5.69 Å². The predicted molar refractivity (Wildman–Crippen MR) is 76.4 cm³/mol. The van der Waals surface area contributed by atoms with Crippen LogP contribution in [-0.4, -0.2) is 11.0 Å². The molecule has 5 heteroatoms. The van der Waals surface area contributed by atoms with Crippen molar-refractivity contribution in [3.05, 3.63) is 66.1 Å². The molecule has 0 radical (unpaired) electrons. The Morgan fingerprint density at radius 1 is 1.10 bits per heavy atom. The third kappa shape index (κ3) is 2.33. The molecule has 1 aliphatic rings. The van der Waals surface area contributed by atoms with E-state index in [0.29, 0.717) is 0 Å². The number of benzene rings is 2. The molecule has 3 rings (SSSR count). The Balaban J connectivity index is 1.76. The van der Waals surface area contributed by atoms with Gasteiger partial charge in [0.25, 0.3) is 0 Å². The van der Waals surface area contributed by atoms with E-state index in [1.54, 1.807) is 18.3 Å². The fourth-order valence-electron chi connectivity index (χ4n) is 1.92. The minimum atomic E-state index is -0.470. The highest BCUT2D eigenvalue weighted by atomic mass is 19.1. The quantitative estimate of drug-likeness (QED) is 0.829. The summed E-state index contributed by atoms with van der Waals surface area (Å²) in [5, 5.41) is 3.78. The molecule has 20 heavy (non-hydrogen) atoms. The number of amides is 2. The van der Waals surface area contributed by atoms with Gasteiger partial charge < -0.3 is 5.32 Å². The van der Waals surface area contributed by atoms with Crippen molar-refractivity contribution in [2.75, 3.05) is 10.7 Å². The molecule has 0 bridgehead atoms. The van der Waals surface area contributed by atoms with Gasteiger partial charge in [-0.15, -0.1) is 0 Å². The molecule has 0 aromatic heterocycles. The van der Waals surface area contributed by atoms with Crippen LogP contribution in [0.1, 0.15) is 5.56 Å². The number of halogens is 1. The zero-order valence-corrected chi connectivity index (χ0v) is 10.5. The number of nitrogens with one attached hydrogen (secondary N) is 2. The number of anilines is 2. The van der Waals surface area contributed by atoms with Crippen molar-refractivity contribution in [2.45, 2.75) is 0 Å². The first-order valence-corrected chi connectivity index (χ1v) is 6.13. The van der Waals surface area contributed by atoms with E-state index in [9.17, 15) is 9.18 Å². The Kier molecular flexibility index (Phi) is 3.09. The van der Waals surface area contributed by atoms with Gasteiger partial charge in [-0.2, -0.15) is 0 Å². The second-order valence-electron chi connectivity index (χ2n) is 4.29. The third-order valence-electron chi connectivity index (χ3n) is 2.94. The van der Waals surface area contributed by atoms with Gasteiger partial charge in [-0.05, 0) is 24.3 Å². The van der Waals surface area contributed by atoms with Gasteiger partial charge in [0.05, 0.1) is 11.4 Å². The van der Waals surface area contributed by atoms with E-state index < -0.39 is 11.8 Å². The fourth-order valence-corrected chi connectivity index (χ4v) is 1.92. The SMILES string of the molecule is O=C(Nc1ccccc1F)N1C=Cc2ccccc2N1. The molecule has 1 heterocycles. The maximum atomic E-state index is 13.5. The number of hydrazine groups is 1. The number of rotatable bonds is 1. The number of carbonyl (C=O) groups is 1. The summed E-state index contributed by atoms with van der Waals surface area (Å²) in [7, 11) is 0. The summed E-state index contributed by atoms with van der Waals surface area (Å²) >= 11 is 0. The summed E-state index contributed by atoms with van der Waals surface area (Å²) in [5.41, 5.74) is 4.90. The number of hydrogen-bond donors (Lipinski definition) is 2. The first kappa shape index (κ1) is 12.2. The van der Waals surface area contributed by atoms with Crippen molar-refractivity contribution in [1.29, 1.82) is 0 Å². The first-order chi connectivity index (χ1) is 9.74. The molecule has 2 N–H and O–H groups in total. The Bertz CT molecular complexity index is 684. The van der Waals surface area contributed by atoms with Crippen LogP contribution in [0.3, 0.4) is 0 Å². The largest absolute Gasteiger partial charge is 0.344 e. The zero-order chi connectivity index (χ0) is 13.9. The Morgan fingerprint density at radius 3 is 2.70 bits per heavy atom. The maximum Gasteiger partial charge on any atom is 0.344 e. The standard InChI is InChI=1S/C15H12FN3O/c16-12-6-2-4-8-14(12)17-15(20)19-10-9-11-5-1-3-7-13(11)18-19/h1-10,18H,(H,17,20). The van der Waals surface area contributed by atoms with Crippen molar-refractivity contribution in [1.82, 2.24) is 5.01 Å². The Morgan fingerprint density at radius 2 is 1.85 bits per heavy atom. The summed E-state index contributed by atoms with van der Waals surface area (Å²) < 4.78 is 13.5. The summed E-state index contributed by atoms with van der Waals surface area (Å²) in [5.74, 6) is -0.470. The summed E-state index contributed by atoms with van der Waals surface area (Å²) in [4.78, 5) is 12.1. The number of fused-ring (bicyclic) bond motifs is 1. The molecule has 2 aromatic carbocycles. The summed E-state index contributed by atoms with van der Waals surface area (Å²) in [6.45, 7) is 0. The molecular formula is C15H12FN3O. The second-order valence-corrected chi connectivity index (χ2v) is 4.29. The lowest BCUT2D eigenvalue weighted by molar-refractivity contribution is 0.234. The topological polar surface area (TPSA) is 44.4 Å². The molecule has 1 aliphatic heterocycles. The van der Waals surface area contributed by atoms with Crippen LogP contribution in [0, 0.1) is 5.82 Å². The Hall–Kier alpha value is -2.82. The van der Waals surface area contributed by atoms with Gasteiger partial charge in [0.1, 0.15) is 5.82 Å². The lowest BCUT2D eigenvalue weighted by atomic mass is 10.1. The number of carbonyl (C=O) groups excluding carboxylic acids is 1. The molecule has 2 amide bonds. The molecule has 0 saturated carbocycles. The van der Waals surface area contributed by atoms with Gasteiger partial charge in [-0.25, -0.2) is 14.2 Å². The highest BCUT2D eigenvalue weighted by Crippen LogP contribution is 2.22. The first-order valence-electron chi connectivity index (χ1n) is 6.13. The van der Waals surface area contributed by atoms with Crippen molar-refractivity contribution in [3.63, 3.8) is 0 Å². The van der Waals surface area contributed by atoms with Crippen LogP contribution in [0.25, 0.3) is 6.08 Å². The van der Waals surface area contributed by atoms with Crippen molar-refractivity contribution < 1.29 is 9.18 Å². The second kappa shape index (κ2) is 5.05. The molecular weight excluding hydrogens is 257 g/mol. The van der Waals surface area contributed by atoms with Crippen molar-refractivity contribution in [2.24, 2.45) is 0 Å². The van der Waals surface area contributed by atoms with Gasteiger partial charge in [0.15, 0.2) is 0 Å². The molecule has 4 nitrogen and oxygen atoms in total. The number of para-hydroxylation sites is 2. The predicted octanol–water partition coefficient (Wildman–Crippen LogP) is 3.67. The van der Waals surface area contributed by atoms with Crippen LogP contribution >= 0.6 is 0 Å². The maximum absolute atomic E-state index is 13.5. The van der Waals surface area contributed by atoms with E-state index >= 15 is 0 Å². The van der Waals surface area contributed by atoms with Crippen molar-refractivity contribution in [3.8, 4) is 0 Å². The molecule has 0 fully saturated rings. The van der Waals surface area contributed by atoms with E-state index in [4.69, 9.17) is 0 Å². The van der Waals surface area contributed by atoms with Crippen LogP contribution in [0.15, 0.2) is 54.7 Å². The molecule has 100 valence electrons. The average molecular weight is 269 g/mol. The van der Waals surface area contributed by atoms with Crippen molar-refractivity contribution >= 4 is 23.5 Å². The molecule has 0 saturated heterocycles. The van der Waals surface area contributed by atoms with Gasteiger partial charge in [0, 0.05) is 11.8 Å². The van der Waals surface area contributed by atoms with E-state index in [1.165, 1.54) is 17.1 Å². The lowest BCUT2D eigenvalue weighted by Crippen LogP contribution is -2.36. The minimum absolute atomic E-state index is 0.145. The zero-order valence-electron chi connectivity index (χ0n) is 10.5. The Labute approximate surface area is 115 Å². The van der Waals surface area contributed by atoms with Crippen LogP contribution < -0.4 is 10.7 Å². The normalized spacial score (nSPS) is 12.6. The molecule has 2 aromatic rings. The van der Waals surface area contributed by atoms with Crippen LogP contribution in [-0.2, 0) is 0 Å². The van der Waals surface area contributed by atoms with Gasteiger partial charge >= 0.3 is 6.03 Å². The number of hydrogen-bond acceptors (Lipinski definition) is 2. The summed E-state index contributed by atoms with van der Waals surface area (Å²) in [6.07, 6.45) is 3.41. The van der Waals surface area contributed by atoms with Crippen LogP contribution in [0.4, 0.5) is 20.6 Å². The monoisotopic (exact) mass is 269 g/mol. The minimum Gasteiger partial charge on any atom is -0.303 e. The van der Waals surface area contributed by atoms with E-state index in [2.05, 4.69) is 10.7 Å². The van der Waals surface area contributed by atoms with Crippen LogP contribution in [0.2, 0.25) is 0 Å². The van der Waals surface area contributed by atoms with E-state index in [0.717, 1.165) is 11.3 Å². The summed E-state index contributed by atoms with van der Waals surface area (Å²) in [6, 6.07) is 13.2. The average Bonchev–Trinajstić information content (AvgIpc) is 2.49.